The van der Waals surface area contributed by atoms with Gasteiger partial charge in [0, 0.05) is 30.4 Å². The molecule has 0 atom stereocenters. The Morgan fingerprint density at radius 1 is 0.970 bits per heavy atom. The van der Waals surface area contributed by atoms with Crippen LogP contribution in [0.4, 0.5) is 5.69 Å². The summed E-state index contributed by atoms with van der Waals surface area (Å²) in [5, 5.41) is 2.63. The molecule has 0 radical (unpaired) electrons. The third-order valence-corrected chi connectivity index (χ3v) is 4.71. The van der Waals surface area contributed by atoms with Crippen LogP contribution in [0.25, 0.3) is 6.08 Å². The second-order valence-electron chi connectivity index (χ2n) is 6.89. The molecule has 0 aromatic heterocycles. The van der Waals surface area contributed by atoms with Gasteiger partial charge in [0.15, 0.2) is 18.1 Å². The van der Waals surface area contributed by atoms with Crippen LogP contribution in [-0.4, -0.2) is 56.1 Å². The van der Waals surface area contributed by atoms with Crippen LogP contribution in [0.2, 0.25) is 0 Å². The molecule has 8 nitrogen and oxygen atoms in total. The summed E-state index contributed by atoms with van der Waals surface area (Å²) in [5.41, 5.74) is 1.76. The molecule has 0 fully saturated rings. The van der Waals surface area contributed by atoms with E-state index in [1.165, 1.54) is 13.2 Å². The molecule has 0 saturated carbocycles. The Bertz CT molecular complexity index is 981. The first-order valence-electron chi connectivity index (χ1n) is 10.8. The summed E-state index contributed by atoms with van der Waals surface area (Å²) >= 11 is 0. The van der Waals surface area contributed by atoms with Crippen LogP contribution in [-0.2, 0) is 14.3 Å². The number of carbonyl (C=O) groups is 3. The fourth-order valence-electron chi connectivity index (χ4n) is 3.00. The molecule has 2 rings (SSSR count). The fourth-order valence-corrected chi connectivity index (χ4v) is 3.00. The standard InChI is InChI=1S/C25H30N2O6/c1-5-27(6-2)25(30)19-10-12-20(13-11-19)26-23(28)17-33-24(29)15-9-18-8-14-21(32-7-3)22(16-18)31-4/h8-16H,5-7,17H2,1-4H3,(H,26,28)/b15-9+. The van der Waals surface area contributed by atoms with E-state index in [2.05, 4.69) is 5.32 Å². The quantitative estimate of drug-likeness (QED) is 0.410. The number of anilines is 1. The third kappa shape index (κ3) is 7.68. The molecule has 0 aliphatic rings. The first-order valence-corrected chi connectivity index (χ1v) is 10.8. The van der Waals surface area contributed by atoms with Gasteiger partial charge in [-0.3, -0.25) is 9.59 Å². The summed E-state index contributed by atoms with van der Waals surface area (Å²) < 4.78 is 15.7. The highest BCUT2D eigenvalue weighted by atomic mass is 16.5. The maximum Gasteiger partial charge on any atom is 0.331 e. The summed E-state index contributed by atoms with van der Waals surface area (Å²) in [6.45, 7) is 7.04. The van der Waals surface area contributed by atoms with E-state index >= 15 is 0 Å². The molecule has 0 unspecified atom stereocenters. The number of carbonyl (C=O) groups excluding carboxylic acids is 3. The van der Waals surface area contributed by atoms with Crippen LogP contribution in [0.1, 0.15) is 36.7 Å². The van der Waals surface area contributed by atoms with Gasteiger partial charge in [0.2, 0.25) is 0 Å². The highest BCUT2D eigenvalue weighted by molar-refractivity contribution is 5.97. The monoisotopic (exact) mass is 454 g/mol. The molecule has 176 valence electrons. The molecular weight excluding hydrogens is 424 g/mol. The predicted octanol–water partition coefficient (Wildman–Crippen LogP) is 3.77. The Hall–Kier alpha value is -3.81. The third-order valence-electron chi connectivity index (χ3n) is 4.71. The first-order chi connectivity index (χ1) is 15.9. The highest BCUT2D eigenvalue weighted by Gasteiger charge is 2.12. The van der Waals surface area contributed by atoms with Gasteiger partial charge in [-0.1, -0.05) is 6.07 Å². The lowest BCUT2D eigenvalue weighted by atomic mass is 10.2. The Labute approximate surface area is 194 Å². The number of amides is 2. The average molecular weight is 455 g/mol. The van der Waals surface area contributed by atoms with Gasteiger partial charge in [-0.15, -0.1) is 0 Å². The molecule has 33 heavy (non-hydrogen) atoms. The van der Waals surface area contributed by atoms with E-state index < -0.39 is 18.5 Å². The largest absolute Gasteiger partial charge is 0.493 e. The van der Waals surface area contributed by atoms with Gasteiger partial charge in [0.05, 0.1) is 13.7 Å². The minimum Gasteiger partial charge on any atom is -0.493 e. The number of hydrogen-bond acceptors (Lipinski definition) is 6. The maximum absolute atomic E-state index is 12.3. The smallest absolute Gasteiger partial charge is 0.331 e. The number of methoxy groups -OCH3 is 1. The summed E-state index contributed by atoms with van der Waals surface area (Å²) in [7, 11) is 1.54. The summed E-state index contributed by atoms with van der Waals surface area (Å²) in [6, 6.07) is 11.8. The zero-order valence-corrected chi connectivity index (χ0v) is 19.4. The fraction of sp³-hybridized carbons (Fsp3) is 0.320. The Kier molecular flexibility index (Phi) is 9.95. The molecule has 8 heteroatoms. The van der Waals surface area contributed by atoms with Crippen molar-refractivity contribution in [3.8, 4) is 11.5 Å². The van der Waals surface area contributed by atoms with Crippen LogP contribution < -0.4 is 14.8 Å². The van der Waals surface area contributed by atoms with Crippen molar-refractivity contribution in [1.29, 1.82) is 0 Å². The molecule has 0 heterocycles. The summed E-state index contributed by atoms with van der Waals surface area (Å²) in [6.07, 6.45) is 2.79. The summed E-state index contributed by atoms with van der Waals surface area (Å²) in [5.74, 6) is -0.0392. The van der Waals surface area contributed by atoms with Gasteiger partial charge < -0.3 is 24.4 Å². The molecule has 0 aliphatic carbocycles. The Morgan fingerprint density at radius 2 is 1.67 bits per heavy atom. The van der Waals surface area contributed by atoms with Gasteiger partial charge in [0.25, 0.3) is 11.8 Å². The predicted molar refractivity (Wildman–Crippen MR) is 126 cm³/mol. The molecule has 0 saturated heterocycles. The van der Waals surface area contributed by atoms with E-state index in [4.69, 9.17) is 14.2 Å². The molecule has 0 bridgehead atoms. The average Bonchev–Trinajstić information content (AvgIpc) is 2.83. The van der Waals surface area contributed by atoms with Gasteiger partial charge in [-0.2, -0.15) is 0 Å². The number of nitrogens with zero attached hydrogens (tertiary/aromatic N) is 1. The van der Waals surface area contributed by atoms with E-state index in [-0.39, 0.29) is 5.91 Å². The molecule has 1 N–H and O–H groups in total. The number of nitrogens with one attached hydrogen (secondary N) is 1. The second kappa shape index (κ2) is 12.9. The zero-order valence-electron chi connectivity index (χ0n) is 19.4. The van der Waals surface area contributed by atoms with Crippen molar-refractivity contribution in [3.05, 3.63) is 59.7 Å². The van der Waals surface area contributed by atoms with Crippen LogP contribution in [0.15, 0.2) is 48.5 Å². The van der Waals surface area contributed by atoms with E-state index in [0.717, 1.165) is 5.56 Å². The topological polar surface area (TPSA) is 94.2 Å². The molecule has 2 amide bonds. The number of rotatable bonds is 11. The number of esters is 1. The van der Waals surface area contributed by atoms with Crippen LogP contribution in [0.5, 0.6) is 11.5 Å². The lowest BCUT2D eigenvalue weighted by Crippen LogP contribution is -2.30. The number of hydrogen-bond donors (Lipinski definition) is 1. The maximum atomic E-state index is 12.3. The van der Waals surface area contributed by atoms with Gasteiger partial charge >= 0.3 is 5.97 Å². The highest BCUT2D eigenvalue weighted by Crippen LogP contribution is 2.28. The van der Waals surface area contributed by atoms with Crippen LogP contribution in [0, 0.1) is 0 Å². The van der Waals surface area contributed by atoms with Crippen molar-refractivity contribution in [2.45, 2.75) is 20.8 Å². The van der Waals surface area contributed by atoms with Crippen LogP contribution >= 0.6 is 0 Å². The second-order valence-corrected chi connectivity index (χ2v) is 6.89. The van der Waals surface area contributed by atoms with E-state index in [9.17, 15) is 14.4 Å². The Balaban J connectivity index is 1.85. The van der Waals surface area contributed by atoms with Crippen molar-refractivity contribution in [2.24, 2.45) is 0 Å². The first kappa shape index (κ1) is 25.5. The lowest BCUT2D eigenvalue weighted by Gasteiger charge is -2.18. The Morgan fingerprint density at radius 3 is 2.27 bits per heavy atom. The van der Waals surface area contributed by atoms with Gasteiger partial charge in [-0.25, -0.2) is 4.79 Å². The minimum atomic E-state index is -0.654. The van der Waals surface area contributed by atoms with Gasteiger partial charge in [-0.05, 0) is 68.8 Å². The molecule has 2 aromatic carbocycles. The van der Waals surface area contributed by atoms with Crippen molar-refractivity contribution in [1.82, 2.24) is 4.90 Å². The van der Waals surface area contributed by atoms with Gasteiger partial charge in [0.1, 0.15) is 0 Å². The molecular formula is C25H30N2O6. The minimum absolute atomic E-state index is 0.0660. The zero-order chi connectivity index (χ0) is 24.2. The normalized spacial score (nSPS) is 10.5. The SMILES string of the molecule is CCOc1ccc(/C=C/C(=O)OCC(=O)Nc2ccc(C(=O)N(CC)CC)cc2)cc1OC. The van der Waals surface area contributed by atoms with E-state index in [1.54, 1.807) is 53.4 Å². The number of benzene rings is 2. The summed E-state index contributed by atoms with van der Waals surface area (Å²) in [4.78, 5) is 38.1. The molecule has 0 aliphatic heterocycles. The van der Waals surface area contributed by atoms with Crippen molar-refractivity contribution in [2.75, 3.05) is 38.7 Å². The van der Waals surface area contributed by atoms with Crippen molar-refractivity contribution < 1.29 is 28.6 Å². The molecule has 0 spiro atoms. The van der Waals surface area contributed by atoms with E-state index in [0.29, 0.717) is 42.4 Å². The van der Waals surface area contributed by atoms with E-state index in [1.807, 2.05) is 20.8 Å². The van der Waals surface area contributed by atoms with Crippen molar-refractivity contribution >= 4 is 29.5 Å². The number of ether oxygens (including phenoxy) is 3. The van der Waals surface area contributed by atoms with Crippen LogP contribution in [0.3, 0.4) is 0 Å². The van der Waals surface area contributed by atoms with Crippen molar-refractivity contribution in [3.63, 3.8) is 0 Å². The lowest BCUT2D eigenvalue weighted by molar-refractivity contribution is -0.142. The molecule has 2 aromatic rings.